The molecular formula is C28H29N7OS. The second kappa shape index (κ2) is 9.82. The smallest absolute Gasteiger partial charge is 0.222 e. The normalized spacial score (nSPS) is 14.3. The van der Waals surface area contributed by atoms with Crippen LogP contribution in [0.1, 0.15) is 18.4 Å². The van der Waals surface area contributed by atoms with Crippen LogP contribution in [0.3, 0.4) is 0 Å². The Kier molecular flexibility index (Phi) is 6.21. The van der Waals surface area contributed by atoms with Crippen molar-refractivity contribution >= 4 is 49.8 Å². The molecule has 0 atom stereocenters. The van der Waals surface area contributed by atoms with Gasteiger partial charge in [0.05, 0.1) is 23.0 Å². The van der Waals surface area contributed by atoms with Crippen LogP contribution in [0.4, 0.5) is 17.5 Å². The lowest BCUT2D eigenvalue weighted by atomic mass is 9.99. The van der Waals surface area contributed by atoms with Gasteiger partial charge in [-0.05, 0) is 66.4 Å². The molecule has 5 aromatic rings. The molecule has 3 aromatic heterocycles. The van der Waals surface area contributed by atoms with Gasteiger partial charge in [0.25, 0.3) is 0 Å². The van der Waals surface area contributed by atoms with Gasteiger partial charge in [-0.1, -0.05) is 6.07 Å². The summed E-state index contributed by atoms with van der Waals surface area (Å²) >= 11 is 1.74. The summed E-state index contributed by atoms with van der Waals surface area (Å²) in [7, 11) is 3.54. The highest BCUT2D eigenvalue weighted by Gasteiger charge is 2.23. The van der Waals surface area contributed by atoms with Crippen molar-refractivity contribution in [1.29, 1.82) is 0 Å². The number of nitrogens with zero attached hydrogens (tertiary/aromatic N) is 5. The maximum Gasteiger partial charge on any atom is 0.222 e. The molecule has 0 radical (unpaired) electrons. The van der Waals surface area contributed by atoms with Crippen molar-refractivity contribution in [3.05, 3.63) is 59.9 Å². The molecular weight excluding hydrogens is 482 g/mol. The van der Waals surface area contributed by atoms with E-state index in [1.165, 1.54) is 10.3 Å². The molecule has 1 fully saturated rings. The second-order valence-corrected chi connectivity index (χ2v) is 10.2. The molecule has 2 aromatic carbocycles. The zero-order chi connectivity index (χ0) is 25.4. The molecule has 188 valence electrons. The van der Waals surface area contributed by atoms with E-state index < -0.39 is 0 Å². The molecule has 6 rings (SSSR count). The first kappa shape index (κ1) is 23.4. The number of ether oxygens (including phenoxy) is 1. The van der Waals surface area contributed by atoms with Gasteiger partial charge in [-0.15, -0.1) is 11.3 Å². The Labute approximate surface area is 219 Å². The minimum absolute atomic E-state index is 0.349. The van der Waals surface area contributed by atoms with Gasteiger partial charge < -0.3 is 20.3 Å². The van der Waals surface area contributed by atoms with E-state index in [0.29, 0.717) is 12.0 Å². The van der Waals surface area contributed by atoms with Gasteiger partial charge in [-0.25, -0.2) is 19.9 Å². The summed E-state index contributed by atoms with van der Waals surface area (Å²) in [6.45, 7) is 4.00. The maximum absolute atomic E-state index is 5.54. The third-order valence-corrected chi connectivity index (χ3v) is 8.09. The summed E-state index contributed by atoms with van der Waals surface area (Å²) < 4.78 is 6.72. The fraction of sp³-hybridized carbons (Fsp3) is 0.286. The average molecular weight is 512 g/mol. The van der Waals surface area contributed by atoms with Crippen LogP contribution in [-0.2, 0) is 0 Å². The number of rotatable bonds is 6. The summed E-state index contributed by atoms with van der Waals surface area (Å²) in [5, 5.41) is 11.3. The molecule has 0 bridgehead atoms. The number of benzene rings is 2. The molecule has 8 nitrogen and oxygen atoms in total. The molecule has 0 spiro atoms. The van der Waals surface area contributed by atoms with Gasteiger partial charge in [-0.2, -0.15) is 0 Å². The number of aromatic nitrogens is 4. The summed E-state index contributed by atoms with van der Waals surface area (Å²) in [5.74, 6) is 2.51. The highest BCUT2D eigenvalue weighted by Crippen LogP contribution is 2.35. The Hall–Kier alpha value is -3.98. The Morgan fingerprint density at radius 2 is 1.92 bits per heavy atom. The zero-order valence-electron chi connectivity index (χ0n) is 21.2. The van der Waals surface area contributed by atoms with Crippen molar-refractivity contribution < 1.29 is 4.74 Å². The van der Waals surface area contributed by atoms with Crippen LogP contribution in [0.5, 0.6) is 5.75 Å². The fourth-order valence-electron chi connectivity index (χ4n) is 5.01. The first-order chi connectivity index (χ1) is 18.1. The van der Waals surface area contributed by atoms with Crippen molar-refractivity contribution in [1.82, 2.24) is 19.9 Å². The predicted octanol–water partition coefficient (Wildman–Crippen LogP) is 5.74. The number of fused-ring (bicyclic) bond motifs is 2. The van der Waals surface area contributed by atoms with Crippen LogP contribution in [-0.4, -0.2) is 53.2 Å². The molecule has 1 aliphatic heterocycles. The number of hydrogen-bond acceptors (Lipinski definition) is 9. The highest BCUT2D eigenvalue weighted by atomic mass is 32.1. The molecule has 0 saturated carbocycles. The molecule has 37 heavy (non-hydrogen) atoms. The topological polar surface area (TPSA) is 88.1 Å². The van der Waals surface area contributed by atoms with Gasteiger partial charge in [0, 0.05) is 49.0 Å². The van der Waals surface area contributed by atoms with Crippen LogP contribution in [0.2, 0.25) is 0 Å². The summed E-state index contributed by atoms with van der Waals surface area (Å²) in [6, 6.07) is 12.9. The number of piperidine rings is 1. The number of aryl methyl sites for hydroxylation is 1. The predicted molar refractivity (Wildman–Crippen MR) is 152 cm³/mol. The highest BCUT2D eigenvalue weighted by molar-refractivity contribution is 7.18. The van der Waals surface area contributed by atoms with Crippen molar-refractivity contribution in [2.45, 2.75) is 25.8 Å². The first-order valence-corrected chi connectivity index (χ1v) is 13.3. The molecule has 4 heterocycles. The molecule has 1 saturated heterocycles. The third kappa shape index (κ3) is 4.51. The van der Waals surface area contributed by atoms with E-state index in [1.54, 1.807) is 31.0 Å². The van der Waals surface area contributed by atoms with Crippen LogP contribution >= 0.6 is 11.3 Å². The fourth-order valence-corrected chi connectivity index (χ4v) is 6.03. The van der Waals surface area contributed by atoms with Gasteiger partial charge in [0.2, 0.25) is 5.95 Å². The van der Waals surface area contributed by atoms with Crippen molar-refractivity contribution in [2.75, 3.05) is 42.8 Å². The SMILES string of the molecule is CNc1nccc(-c2cc(NC3CCN(c4ncnc5c(C)csc45)CC3)c3cc(OC)ccc3c2)n1. The summed E-state index contributed by atoms with van der Waals surface area (Å²) in [6.07, 6.45) is 5.51. The van der Waals surface area contributed by atoms with Crippen molar-refractivity contribution in [3.8, 4) is 17.0 Å². The Morgan fingerprint density at radius 3 is 2.73 bits per heavy atom. The lowest BCUT2D eigenvalue weighted by molar-refractivity contribution is 0.415. The van der Waals surface area contributed by atoms with E-state index in [2.05, 4.69) is 72.0 Å². The van der Waals surface area contributed by atoms with Gasteiger partial charge in [-0.3, -0.25) is 0 Å². The van der Waals surface area contributed by atoms with Gasteiger partial charge >= 0.3 is 0 Å². The minimum Gasteiger partial charge on any atom is -0.497 e. The first-order valence-electron chi connectivity index (χ1n) is 12.5. The zero-order valence-corrected chi connectivity index (χ0v) is 22.0. The quantitative estimate of drug-likeness (QED) is 0.298. The number of nitrogens with one attached hydrogen (secondary N) is 2. The van der Waals surface area contributed by atoms with E-state index in [4.69, 9.17) is 4.74 Å². The van der Waals surface area contributed by atoms with Crippen LogP contribution in [0.15, 0.2) is 54.3 Å². The average Bonchev–Trinajstić information content (AvgIpc) is 3.34. The van der Waals surface area contributed by atoms with Gasteiger partial charge in [0.1, 0.15) is 17.9 Å². The Balaban J connectivity index is 1.28. The number of thiophene rings is 1. The summed E-state index contributed by atoms with van der Waals surface area (Å²) in [5.41, 5.74) is 5.31. The molecule has 9 heteroatoms. The van der Waals surface area contributed by atoms with Gasteiger partial charge in [0.15, 0.2) is 0 Å². The van der Waals surface area contributed by atoms with E-state index in [1.807, 2.05) is 19.2 Å². The maximum atomic E-state index is 5.54. The second-order valence-electron chi connectivity index (χ2n) is 9.33. The lowest BCUT2D eigenvalue weighted by Crippen LogP contribution is -2.39. The van der Waals surface area contributed by atoms with Crippen molar-refractivity contribution in [2.24, 2.45) is 0 Å². The monoisotopic (exact) mass is 511 g/mol. The van der Waals surface area contributed by atoms with E-state index in [0.717, 1.165) is 70.7 Å². The molecule has 0 unspecified atom stereocenters. The Morgan fingerprint density at radius 1 is 1.05 bits per heavy atom. The largest absolute Gasteiger partial charge is 0.497 e. The standard InChI is InChI=1S/C28H29N7OS/c1-17-15-37-26-25(17)31-16-32-27(26)35-10-7-20(8-11-35)33-24-13-19(23-6-9-30-28(29-2)34-23)12-18-4-5-21(36-3)14-22(18)24/h4-6,9,12-16,20,33H,7-8,10-11H2,1-3H3,(H,29,30,34). The molecule has 0 aliphatic carbocycles. The number of anilines is 3. The van der Waals surface area contributed by atoms with E-state index >= 15 is 0 Å². The third-order valence-electron chi connectivity index (χ3n) is 7.00. The number of hydrogen-bond donors (Lipinski definition) is 2. The lowest BCUT2D eigenvalue weighted by Gasteiger charge is -2.34. The summed E-state index contributed by atoms with van der Waals surface area (Å²) in [4.78, 5) is 20.5. The minimum atomic E-state index is 0.349. The van der Waals surface area contributed by atoms with Crippen LogP contribution < -0.4 is 20.3 Å². The van der Waals surface area contributed by atoms with Crippen molar-refractivity contribution in [3.63, 3.8) is 0 Å². The Bertz CT molecular complexity index is 1580. The molecule has 1 aliphatic rings. The van der Waals surface area contributed by atoms with Crippen LogP contribution in [0, 0.1) is 6.92 Å². The molecule has 2 N–H and O–H groups in total. The van der Waals surface area contributed by atoms with E-state index in [-0.39, 0.29) is 0 Å². The molecule has 0 amide bonds. The van der Waals surface area contributed by atoms with E-state index in [9.17, 15) is 0 Å². The van der Waals surface area contributed by atoms with Crippen LogP contribution in [0.25, 0.3) is 32.2 Å². The number of methoxy groups -OCH3 is 1.